The Morgan fingerprint density at radius 3 is 2.21 bits per heavy atom. The third-order valence-corrected chi connectivity index (χ3v) is 3.15. The molecule has 0 aliphatic heterocycles. The van der Waals surface area contributed by atoms with Crippen molar-refractivity contribution in [1.82, 2.24) is 0 Å². The first-order valence-electron chi connectivity index (χ1n) is 5.52. The maximum absolute atomic E-state index is 11.1. The molecule has 0 saturated carbocycles. The van der Waals surface area contributed by atoms with Crippen LogP contribution in [0.4, 0.5) is 5.69 Å². The summed E-state index contributed by atoms with van der Waals surface area (Å²) in [6.07, 6.45) is 0. The van der Waals surface area contributed by atoms with Crippen molar-refractivity contribution in [2.45, 2.75) is 6.92 Å². The normalized spacial score (nSPS) is 10.3. The summed E-state index contributed by atoms with van der Waals surface area (Å²) in [5.74, 6) is -0.0995. The Balaban J connectivity index is 2.70. The number of rotatable bonds is 2. The molecule has 98 valence electrons. The molecule has 0 aliphatic rings. The lowest BCUT2D eigenvalue weighted by molar-refractivity contribution is -0.131. The summed E-state index contributed by atoms with van der Waals surface area (Å²) < 4.78 is 5.15. The third kappa shape index (κ3) is 2.83. The zero-order chi connectivity index (χ0) is 14.0. The second kappa shape index (κ2) is 5.51. The SMILES string of the molecule is CC(=O)Oc1cccc(N)c1-c1c(Cl)cccc1Cl. The molecule has 2 aromatic rings. The average molecular weight is 296 g/mol. The van der Waals surface area contributed by atoms with E-state index in [0.29, 0.717) is 32.6 Å². The lowest BCUT2D eigenvalue weighted by Gasteiger charge is -2.14. The van der Waals surface area contributed by atoms with Crippen molar-refractivity contribution in [3.8, 4) is 16.9 Å². The Morgan fingerprint density at radius 2 is 1.63 bits per heavy atom. The van der Waals surface area contributed by atoms with Crippen molar-refractivity contribution in [3.63, 3.8) is 0 Å². The van der Waals surface area contributed by atoms with Gasteiger partial charge in [0.2, 0.25) is 0 Å². The van der Waals surface area contributed by atoms with Gasteiger partial charge in [0.25, 0.3) is 0 Å². The molecule has 0 radical (unpaired) electrons. The van der Waals surface area contributed by atoms with Crippen LogP contribution < -0.4 is 10.5 Å². The number of anilines is 1. The van der Waals surface area contributed by atoms with Gasteiger partial charge in [0, 0.05) is 18.2 Å². The van der Waals surface area contributed by atoms with E-state index in [-0.39, 0.29) is 0 Å². The third-order valence-electron chi connectivity index (χ3n) is 2.52. The number of nitrogens with two attached hydrogens (primary N) is 1. The molecular formula is C14H11Cl2NO2. The van der Waals surface area contributed by atoms with Gasteiger partial charge in [0.15, 0.2) is 0 Å². The van der Waals surface area contributed by atoms with E-state index in [2.05, 4.69) is 0 Å². The highest BCUT2D eigenvalue weighted by atomic mass is 35.5. The maximum atomic E-state index is 11.1. The molecule has 5 heteroatoms. The molecule has 3 nitrogen and oxygen atoms in total. The number of halogens is 2. The van der Waals surface area contributed by atoms with Crippen LogP contribution in [0.1, 0.15) is 6.92 Å². The number of carbonyl (C=O) groups is 1. The summed E-state index contributed by atoms with van der Waals surface area (Å²) in [7, 11) is 0. The number of esters is 1. The first-order valence-corrected chi connectivity index (χ1v) is 6.27. The smallest absolute Gasteiger partial charge is 0.308 e. The van der Waals surface area contributed by atoms with E-state index < -0.39 is 5.97 Å². The van der Waals surface area contributed by atoms with E-state index in [0.717, 1.165) is 0 Å². The van der Waals surface area contributed by atoms with Crippen LogP contribution in [0.3, 0.4) is 0 Å². The Bertz CT molecular complexity index is 621. The van der Waals surface area contributed by atoms with Gasteiger partial charge in [-0.05, 0) is 24.3 Å². The van der Waals surface area contributed by atoms with Gasteiger partial charge in [-0.1, -0.05) is 35.3 Å². The zero-order valence-electron chi connectivity index (χ0n) is 10.1. The molecule has 2 N–H and O–H groups in total. The van der Waals surface area contributed by atoms with Crippen molar-refractivity contribution < 1.29 is 9.53 Å². The fourth-order valence-corrected chi connectivity index (χ4v) is 2.38. The lowest BCUT2D eigenvalue weighted by Crippen LogP contribution is -2.04. The minimum Gasteiger partial charge on any atom is -0.426 e. The fourth-order valence-electron chi connectivity index (χ4n) is 1.79. The van der Waals surface area contributed by atoms with Crippen molar-refractivity contribution in [2.75, 3.05) is 5.73 Å². The molecule has 0 fully saturated rings. The van der Waals surface area contributed by atoms with Gasteiger partial charge in [-0.3, -0.25) is 4.79 Å². The molecule has 0 spiro atoms. The number of ether oxygens (including phenoxy) is 1. The molecule has 2 aromatic carbocycles. The van der Waals surface area contributed by atoms with Crippen LogP contribution in [-0.2, 0) is 4.79 Å². The number of hydrogen-bond acceptors (Lipinski definition) is 3. The topological polar surface area (TPSA) is 52.3 Å². The van der Waals surface area contributed by atoms with Gasteiger partial charge in [-0.2, -0.15) is 0 Å². The van der Waals surface area contributed by atoms with Gasteiger partial charge in [0.05, 0.1) is 15.6 Å². The Hall–Kier alpha value is -1.71. The molecule has 0 aliphatic carbocycles. The van der Waals surface area contributed by atoms with Crippen molar-refractivity contribution in [1.29, 1.82) is 0 Å². The molecule has 0 aromatic heterocycles. The highest BCUT2D eigenvalue weighted by Crippen LogP contribution is 2.42. The van der Waals surface area contributed by atoms with Crippen molar-refractivity contribution in [3.05, 3.63) is 46.4 Å². The molecule has 0 saturated heterocycles. The van der Waals surface area contributed by atoms with Gasteiger partial charge >= 0.3 is 5.97 Å². The van der Waals surface area contributed by atoms with E-state index in [1.165, 1.54) is 6.92 Å². The van der Waals surface area contributed by atoms with E-state index in [4.69, 9.17) is 33.7 Å². The summed E-state index contributed by atoms with van der Waals surface area (Å²) in [5, 5.41) is 0.887. The highest BCUT2D eigenvalue weighted by Gasteiger charge is 2.17. The van der Waals surface area contributed by atoms with Crippen LogP contribution >= 0.6 is 23.2 Å². The van der Waals surface area contributed by atoms with Crippen molar-refractivity contribution in [2.24, 2.45) is 0 Å². The van der Waals surface area contributed by atoms with Crippen LogP contribution in [0.5, 0.6) is 5.75 Å². The van der Waals surface area contributed by atoms with E-state index in [9.17, 15) is 4.79 Å². The number of carbonyl (C=O) groups excluding carboxylic acids is 1. The minimum absolute atomic E-state index is 0.336. The molecule has 0 atom stereocenters. The second-order valence-electron chi connectivity index (χ2n) is 3.91. The Morgan fingerprint density at radius 1 is 1.05 bits per heavy atom. The molecule has 2 rings (SSSR count). The summed E-state index contributed by atoms with van der Waals surface area (Å²) in [6.45, 7) is 1.32. The standard InChI is InChI=1S/C14H11Cl2NO2/c1-8(18)19-12-7-3-6-11(17)14(12)13-9(15)4-2-5-10(13)16/h2-7H,17H2,1H3. The molecule has 0 amide bonds. The maximum Gasteiger partial charge on any atom is 0.308 e. The average Bonchev–Trinajstić information content (AvgIpc) is 2.31. The van der Waals surface area contributed by atoms with E-state index in [1.807, 2.05) is 0 Å². The van der Waals surface area contributed by atoms with Gasteiger partial charge in [-0.15, -0.1) is 0 Å². The molecule has 0 heterocycles. The van der Waals surface area contributed by atoms with E-state index >= 15 is 0 Å². The molecule has 19 heavy (non-hydrogen) atoms. The van der Waals surface area contributed by atoms with Crippen molar-refractivity contribution >= 4 is 34.9 Å². The predicted octanol–water partition coefficient (Wildman–Crippen LogP) is 4.17. The summed E-state index contributed by atoms with van der Waals surface area (Å²) >= 11 is 12.3. The second-order valence-corrected chi connectivity index (χ2v) is 4.73. The number of hydrogen-bond donors (Lipinski definition) is 1. The summed E-state index contributed by atoms with van der Waals surface area (Å²) in [5.41, 5.74) is 7.47. The van der Waals surface area contributed by atoms with Crippen LogP contribution in [0.25, 0.3) is 11.1 Å². The van der Waals surface area contributed by atoms with Gasteiger partial charge in [0.1, 0.15) is 5.75 Å². The first kappa shape index (κ1) is 13.7. The van der Waals surface area contributed by atoms with Crippen LogP contribution in [0.15, 0.2) is 36.4 Å². The molecular weight excluding hydrogens is 285 g/mol. The zero-order valence-corrected chi connectivity index (χ0v) is 11.6. The number of benzene rings is 2. The Labute approximate surface area is 120 Å². The first-order chi connectivity index (χ1) is 9.00. The minimum atomic E-state index is -0.435. The largest absolute Gasteiger partial charge is 0.426 e. The van der Waals surface area contributed by atoms with Crippen LogP contribution in [0.2, 0.25) is 10.0 Å². The molecule has 0 unspecified atom stereocenters. The Kier molecular flexibility index (Phi) is 3.98. The van der Waals surface area contributed by atoms with Gasteiger partial charge in [-0.25, -0.2) is 0 Å². The summed E-state index contributed by atoms with van der Waals surface area (Å²) in [6, 6.07) is 10.2. The predicted molar refractivity (Wildman–Crippen MR) is 77.6 cm³/mol. The quantitative estimate of drug-likeness (QED) is 0.514. The van der Waals surface area contributed by atoms with Crippen LogP contribution in [-0.4, -0.2) is 5.97 Å². The molecule has 0 bridgehead atoms. The monoisotopic (exact) mass is 295 g/mol. The summed E-state index contributed by atoms with van der Waals surface area (Å²) in [4.78, 5) is 11.1. The fraction of sp³-hybridized carbons (Fsp3) is 0.0714. The number of nitrogen functional groups attached to an aromatic ring is 1. The van der Waals surface area contributed by atoms with E-state index in [1.54, 1.807) is 36.4 Å². The van der Waals surface area contributed by atoms with Gasteiger partial charge < -0.3 is 10.5 Å². The lowest BCUT2D eigenvalue weighted by atomic mass is 10.0. The van der Waals surface area contributed by atoms with Crippen LogP contribution in [0, 0.1) is 0 Å². The highest BCUT2D eigenvalue weighted by molar-refractivity contribution is 6.39.